The number of phosphoric acid groups is 1. The Morgan fingerprint density at radius 2 is 1.22 bits per heavy atom. The number of rotatable bonds is 0. The molecule has 0 aliphatic heterocycles. The van der Waals surface area contributed by atoms with Crippen LogP contribution in [-0.4, -0.2) is 87.8 Å². The van der Waals surface area contributed by atoms with Crippen molar-refractivity contribution in [2.45, 2.75) is 0 Å². The summed E-state index contributed by atoms with van der Waals surface area (Å²) in [5.74, 6) is 0. The Bertz CT molecular complexity index is 72.4. The van der Waals surface area contributed by atoms with Crippen LogP contribution in [0.3, 0.4) is 0 Å². The molecule has 0 radical (unpaired) electrons. The average molecular weight is 218 g/mol. The quantitative estimate of drug-likeness (QED) is 0.346. The minimum atomic E-state index is -4.64. The summed E-state index contributed by atoms with van der Waals surface area (Å²) in [4.78, 5) is 21.6. The van der Waals surface area contributed by atoms with E-state index in [1.165, 1.54) is 0 Å². The zero-order chi connectivity index (χ0) is 7.21. The summed E-state index contributed by atoms with van der Waals surface area (Å²) in [6.07, 6.45) is 0. The van der Waals surface area contributed by atoms with Crippen LogP contribution in [0.1, 0.15) is 0 Å². The molecular weight excluding hydrogens is 213 g/mol. The summed E-state index contributed by atoms with van der Waals surface area (Å²) in [6, 6.07) is 0. The molecule has 0 aromatic carbocycles. The van der Waals surface area contributed by atoms with Gasteiger partial charge in [0.2, 0.25) is 0 Å². The molecule has 0 bridgehead atoms. The third-order valence-corrected chi connectivity index (χ3v) is 0. The molecule has 3 N–H and O–H groups in total. The monoisotopic (exact) mass is 218 g/mol. The van der Waals surface area contributed by atoms with E-state index in [4.69, 9.17) is 19.2 Å². The predicted molar refractivity (Wildman–Crippen MR) is 30.8 cm³/mol. The molecule has 0 heterocycles. The first-order chi connectivity index (χ1) is 3.41. The first kappa shape index (κ1) is 17.5. The Morgan fingerprint density at radius 3 is 1.22 bits per heavy atom. The molecule has 52 valence electrons. The van der Waals surface area contributed by atoms with Gasteiger partial charge in [-0.15, -0.1) is 0 Å². The van der Waals surface area contributed by atoms with Crippen LogP contribution in [0.2, 0.25) is 0 Å². The van der Waals surface area contributed by atoms with Crippen LogP contribution >= 0.6 is 7.82 Å². The summed E-state index contributed by atoms with van der Waals surface area (Å²) in [5.41, 5.74) is 0. The van der Waals surface area contributed by atoms with Crippen molar-refractivity contribution in [2.24, 2.45) is 0 Å². The second kappa shape index (κ2) is 10.5. The third-order valence-electron chi connectivity index (χ3n) is 0. The minimum absolute atomic E-state index is 0. The van der Waals surface area contributed by atoms with E-state index in [0.29, 0.717) is 0 Å². The molecular formula is H5Ca2F2O4P. The summed E-state index contributed by atoms with van der Waals surface area (Å²) in [6.45, 7) is 0. The first-order valence-corrected chi connectivity index (χ1v) is 4.55. The number of halogens is 2. The molecule has 0 aromatic rings. The van der Waals surface area contributed by atoms with Gasteiger partial charge in [0.05, 0.1) is 0 Å². The molecule has 9 heavy (non-hydrogen) atoms. The molecule has 0 amide bonds. The Labute approximate surface area is 101 Å². The van der Waals surface area contributed by atoms with Crippen LogP contribution in [-0.2, 0) is 4.57 Å². The van der Waals surface area contributed by atoms with Crippen molar-refractivity contribution in [1.82, 2.24) is 0 Å². The molecule has 9 heteroatoms. The van der Waals surface area contributed by atoms with E-state index < -0.39 is 43.2 Å². The van der Waals surface area contributed by atoms with Gasteiger partial charge in [-0.3, -0.25) is 0 Å². The number of hydrogen-bond acceptors (Lipinski definition) is 1. The zero-order valence-corrected chi connectivity index (χ0v) is 6.76. The van der Waals surface area contributed by atoms with Crippen molar-refractivity contribution in [1.29, 1.82) is 0 Å². The molecule has 0 saturated heterocycles. The van der Waals surface area contributed by atoms with Crippen LogP contribution in [0.5, 0.6) is 0 Å². The normalized spacial score (nSPS) is 7.67. The van der Waals surface area contributed by atoms with Gasteiger partial charge in [0, 0.05) is 0 Å². The maximum atomic E-state index is 9.81. The van der Waals surface area contributed by atoms with Crippen LogP contribution in [0.15, 0.2) is 0 Å². The Kier molecular flexibility index (Phi) is 20.4. The zero-order valence-electron chi connectivity index (χ0n) is 3.66. The van der Waals surface area contributed by atoms with Crippen molar-refractivity contribution in [3.05, 3.63) is 0 Å². The molecule has 0 spiro atoms. The molecule has 0 unspecified atom stereocenters. The molecule has 0 aliphatic rings. The van der Waals surface area contributed by atoms with Gasteiger partial charge in [-0.25, -0.2) is 4.57 Å². The Morgan fingerprint density at radius 1 is 1.22 bits per heavy atom. The van der Waals surface area contributed by atoms with E-state index in [1.807, 2.05) is 0 Å². The fourth-order valence-electron chi connectivity index (χ4n) is 0. The van der Waals surface area contributed by atoms with E-state index in [1.54, 1.807) is 0 Å². The van der Waals surface area contributed by atoms with Gasteiger partial charge in [-0.1, -0.05) is 0 Å². The summed E-state index contributed by atoms with van der Waals surface area (Å²) in [7, 11) is -4.64. The Hall–Kier alpha value is 2.49. The van der Waals surface area contributed by atoms with E-state index in [-0.39, 0.29) is 37.7 Å². The van der Waals surface area contributed by atoms with E-state index in [2.05, 4.69) is 0 Å². The first-order valence-electron chi connectivity index (χ1n) is 1.32. The summed E-state index contributed by atoms with van der Waals surface area (Å²) in [5, 5.41) is 0. The fraction of sp³-hybridized carbons (Fsp3) is 0. The van der Waals surface area contributed by atoms with Crippen molar-refractivity contribution in [3.8, 4) is 0 Å². The van der Waals surface area contributed by atoms with Gasteiger partial charge < -0.3 is 14.7 Å². The molecule has 0 aliphatic carbocycles. The second-order valence-electron chi connectivity index (χ2n) is 0.614. The second-order valence-corrected chi connectivity index (χ2v) is 1.96. The van der Waals surface area contributed by atoms with Crippen LogP contribution in [0.25, 0.3) is 0 Å². The molecule has 0 rings (SSSR count). The van der Waals surface area contributed by atoms with E-state index in [0.717, 1.165) is 0 Å². The summed E-state index contributed by atoms with van der Waals surface area (Å²) >= 11 is -2.88. The fourth-order valence-corrected chi connectivity index (χ4v) is 0. The SMILES string of the molecule is O=P(O)(O)O.[CaH2].[F][Ca][F]. The third kappa shape index (κ3) is 122. The van der Waals surface area contributed by atoms with Crippen LogP contribution in [0, 0.1) is 0 Å². The van der Waals surface area contributed by atoms with Gasteiger partial charge in [-0.05, 0) is 0 Å². The van der Waals surface area contributed by atoms with Crippen molar-refractivity contribution in [2.75, 3.05) is 0 Å². The van der Waals surface area contributed by atoms with Gasteiger partial charge >= 0.3 is 83.7 Å². The van der Waals surface area contributed by atoms with E-state index in [9.17, 15) is 2.73 Å². The van der Waals surface area contributed by atoms with Crippen molar-refractivity contribution >= 4 is 81.0 Å². The van der Waals surface area contributed by atoms with Gasteiger partial charge in [0.25, 0.3) is 0 Å². The van der Waals surface area contributed by atoms with Gasteiger partial charge in [0.1, 0.15) is 0 Å². The van der Waals surface area contributed by atoms with Crippen LogP contribution < -0.4 is 0 Å². The van der Waals surface area contributed by atoms with Gasteiger partial charge in [-0.2, -0.15) is 0 Å². The molecule has 0 atom stereocenters. The molecule has 0 fully saturated rings. The Balaban J connectivity index is -0.0000000800. The van der Waals surface area contributed by atoms with Gasteiger partial charge in [0.15, 0.2) is 0 Å². The topological polar surface area (TPSA) is 77.8 Å². The number of hydrogen-bond donors (Lipinski definition) is 3. The van der Waals surface area contributed by atoms with E-state index >= 15 is 0 Å². The maximum absolute atomic E-state index is 9.81. The van der Waals surface area contributed by atoms with Crippen molar-refractivity contribution in [3.63, 3.8) is 0 Å². The standard InChI is InChI=1S/2Ca.2FH.H3O4P.2H/c;;;;1-5(2,3)4;;/h;;2*1H;(H3,1,2,3,4);;/q;+2;;;;;/p-2. The molecule has 0 aromatic heterocycles. The summed E-state index contributed by atoms with van der Waals surface area (Å²) < 4.78 is 28.5. The average Bonchev–Trinajstić information content (AvgIpc) is 1.27. The molecule has 0 saturated carbocycles. The van der Waals surface area contributed by atoms with Crippen LogP contribution in [0.4, 0.5) is 2.73 Å². The van der Waals surface area contributed by atoms with Crippen molar-refractivity contribution < 1.29 is 22.0 Å². The molecule has 4 nitrogen and oxygen atoms in total. The predicted octanol–water partition coefficient (Wildman–Crippen LogP) is -1.39.